The summed E-state index contributed by atoms with van der Waals surface area (Å²) in [6, 6.07) is 13.6. The highest BCUT2D eigenvalue weighted by molar-refractivity contribution is 7.09. The third-order valence-corrected chi connectivity index (χ3v) is 5.50. The largest absolute Gasteiger partial charge is 0.349 e. The SMILES string of the molecule is CC(=O)NC(CC(=O)N1CCN(Cc2cccs2)CC1)c1ccccc1. The van der Waals surface area contributed by atoms with Crippen LogP contribution in [0, 0.1) is 0 Å². The third kappa shape index (κ3) is 5.16. The molecule has 5 nitrogen and oxygen atoms in total. The predicted octanol–water partition coefficient (Wildman–Crippen LogP) is 2.66. The molecule has 138 valence electrons. The van der Waals surface area contributed by atoms with Crippen molar-refractivity contribution in [2.24, 2.45) is 0 Å². The van der Waals surface area contributed by atoms with Crippen molar-refractivity contribution in [3.8, 4) is 0 Å². The summed E-state index contributed by atoms with van der Waals surface area (Å²) >= 11 is 1.77. The van der Waals surface area contributed by atoms with Crippen molar-refractivity contribution < 1.29 is 9.59 Å². The van der Waals surface area contributed by atoms with E-state index in [1.54, 1.807) is 11.3 Å². The van der Waals surface area contributed by atoms with Crippen molar-refractivity contribution in [1.29, 1.82) is 0 Å². The Balaban J connectivity index is 1.54. The van der Waals surface area contributed by atoms with Crippen LogP contribution in [0.3, 0.4) is 0 Å². The number of thiophene rings is 1. The van der Waals surface area contributed by atoms with Crippen LogP contribution >= 0.6 is 11.3 Å². The van der Waals surface area contributed by atoms with E-state index in [1.807, 2.05) is 35.2 Å². The minimum absolute atomic E-state index is 0.100. The first-order valence-electron chi connectivity index (χ1n) is 8.96. The molecular weight excluding hydrogens is 346 g/mol. The summed E-state index contributed by atoms with van der Waals surface area (Å²) in [6.07, 6.45) is 0.300. The van der Waals surface area contributed by atoms with E-state index in [2.05, 4.69) is 27.7 Å². The smallest absolute Gasteiger partial charge is 0.225 e. The number of benzene rings is 1. The second-order valence-corrected chi connectivity index (χ2v) is 7.64. The van der Waals surface area contributed by atoms with E-state index >= 15 is 0 Å². The quantitative estimate of drug-likeness (QED) is 0.849. The van der Waals surface area contributed by atoms with Crippen molar-refractivity contribution in [2.45, 2.75) is 25.9 Å². The van der Waals surface area contributed by atoms with Gasteiger partial charge in [0.05, 0.1) is 12.5 Å². The molecular formula is C20H25N3O2S. The number of piperazine rings is 1. The van der Waals surface area contributed by atoms with E-state index in [9.17, 15) is 9.59 Å². The second-order valence-electron chi connectivity index (χ2n) is 6.60. The van der Waals surface area contributed by atoms with Gasteiger partial charge in [0.2, 0.25) is 11.8 Å². The summed E-state index contributed by atoms with van der Waals surface area (Å²) in [7, 11) is 0. The molecule has 1 atom stereocenters. The van der Waals surface area contributed by atoms with Gasteiger partial charge in [0.25, 0.3) is 0 Å². The van der Waals surface area contributed by atoms with Crippen LogP contribution in [0.5, 0.6) is 0 Å². The van der Waals surface area contributed by atoms with Gasteiger partial charge >= 0.3 is 0 Å². The molecule has 2 heterocycles. The van der Waals surface area contributed by atoms with E-state index < -0.39 is 0 Å². The summed E-state index contributed by atoms with van der Waals surface area (Å²) in [4.78, 5) is 30.0. The van der Waals surface area contributed by atoms with Crippen molar-refractivity contribution >= 4 is 23.2 Å². The van der Waals surface area contributed by atoms with Gasteiger partial charge in [-0.25, -0.2) is 0 Å². The monoisotopic (exact) mass is 371 g/mol. The number of nitrogens with one attached hydrogen (secondary N) is 1. The molecule has 1 aliphatic heterocycles. The van der Waals surface area contributed by atoms with Gasteiger partial charge < -0.3 is 10.2 Å². The van der Waals surface area contributed by atoms with Gasteiger partial charge in [-0.1, -0.05) is 36.4 Å². The average molecular weight is 372 g/mol. The molecule has 0 spiro atoms. The number of hydrogen-bond acceptors (Lipinski definition) is 4. The number of carbonyl (C=O) groups excluding carboxylic acids is 2. The predicted molar refractivity (Wildman–Crippen MR) is 104 cm³/mol. The Morgan fingerprint density at radius 2 is 1.81 bits per heavy atom. The highest BCUT2D eigenvalue weighted by Gasteiger charge is 2.24. The van der Waals surface area contributed by atoms with Crippen LogP contribution in [0.25, 0.3) is 0 Å². The molecule has 26 heavy (non-hydrogen) atoms. The first kappa shape index (κ1) is 18.6. The van der Waals surface area contributed by atoms with Crippen LogP contribution in [0.15, 0.2) is 47.8 Å². The van der Waals surface area contributed by atoms with E-state index in [-0.39, 0.29) is 17.9 Å². The summed E-state index contributed by atoms with van der Waals surface area (Å²) in [5.74, 6) is -0.0178. The van der Waals surface area contributed by atoms with Crippen LogP contribution in [0.4, 0.5) is 0 Å². The molecule has 1 N–H and O–H groups in total. The molecule has 1 aliphatic rings. The van der Waals surface area contributed by atoms with Gasteiger partial charge in [0, 0.05) is 44.5 Å². The van der Waals surface area contributed by atoms with Crippen molar-refractivity contribution in [3.05, 3.63) is 58.3 Å². The second kappa shape index (κ2) is 8.96. The Morgan fingerprint density at radius 3 is 2.42 bits per heavy atom. The van der Waals surface area contributed by atoms with E-state index in [1.165, 1.54) is 11.8 Å². The minimum Gasteiger partial charge on any atom is -0.349 e. The maximum atomic E-state index is 12.7. The maximum Gasteiger partial charge on any atom is 0.225 e. The Hall–Kier alpha value is -2.18. The fourth-order valence-corrected chi connectivity index (χ4v) is 4.01. The molecule has 1 saturated heterocycles. The van der Waals surface area contributed by atoms with Crippen LogP contribution < -0.4 is 5.32 Å². The van der Waals surface area contributed by atoms with Gasteiger partial charge in [-0.05, 0) is 17.0 Å². The van der Waals surface area contributed by atoms with E-state index in [0.717, 1.165) is 38.3 Å². The molecule has 1 fully saturated rings. The number of nitrogens with zero attached hydrogens (tertiary/aromatic N) is 2. The molecule has 1 unspecified atom stereocenters. The molecule has 0 saturated carbocycles. The number of hydrogen-bond donors (Lipinski definition) is 1. The first-order chi connectivity index (χ1) is 12.6. The standard InChI is InChI=1S/C20H25N3O2S/c1-16(24)21-19(17-6-3-2-4-7-17)14-20(25)23-11-9-22(10-12-23)15-18-8-5-13-26-18/h2-8,13,19H,9-12,14-15H2,1H3,(H,21,24). The average Bonchev–Trinajstić information content (AvgIpc) is 3.15. The zero-order valence-electron chi connectivity index (χ0n) is 15.1. The molecule has 0 aliphatic carbocycles. The van der Waals surface area contributed by atoms with Gasteiger partial charge in [-0.2, -0.15) is 0 Å². The van der Waals surface area contributed by atoms with Crippen LogP contribution in [-0.4, -0.2) is 47.8 Å². The summed E-state index contributed by atoms with van der Waals surface area (Å²) in [5.41, 5.74) is 0.965. The summed E-state index contributed by atoms with van der Waals surface area (Å²) in [6.45, 7) is 5.71. The Kier molecular flexibility index (Phi) is 6.41. The van der Waals surface area contributed by atoms with Crippen molar-refractivity contribution in [3.63, 3.8) is 0 Å². The number of rotatable bonds is 6. The van der Waals surface area contributed by atoms with Gasteiger partial charge in [0.1, 0.15) is 0 Å². The molecule has 2 aromatic rings. The molecule has 1 aromatic carbocycles. The molecule has 6 heteroatoms. The van der Waals surface area contributed by atoms with Crippen LogP contribution in [0.2, 0.25) is 0 Å². The zero-order chi connectivity index (χ0) is 18.4. The lowest BCUT2D eigenvalue weighted by Crippen LogP contribution is -2.49. The molecule has 0 radical (unpaired) electrons. The highest BCUT2D eigenvalue weighted by Crippen LogP contribution is 2.19. The molecule has 1 aromatic heterocycles. The highest BCUT2D eigenvalue weighted by atomic mass is 32.1. The Labute approximate surface area is 158 Å². The summed E-state index contributed by atoms with van der Waals surface area (Å²) < 4.78 is 0. The van der Waals surface area contributed by atoms with E-state index in [0.29, 0.717) is 6.42 Å². The fraction of sp³-hybridized carbons (Fsp3) is 0.400. The number of amides is 2. The van der Waals surface area contributed by atoms with Crippen LogP contribution in [0.1, 0.15) is 29.8 Å². The lowest BCUT2D eigenvalue weighted by molar-refractivity contribution is -0.133. The molecule has 0 bridgehead atoms. The third-order valence-electron chi connectivity index (χ3n) is 4.64. The fourth-order valence-electron chi connectivity index (χ4n) is 3.26. The number of carbonyl (C=O) groups is 2. The van der Waals surface area contributed by atoms with Gasteiger partial charge in [0.15, 0.2) is 0 Å². The molecule has 2 amide bonds. The van der Waals surface area contributed by atoms with Crippen molar-refractivity contribution in [2.75, 3.05) is 26.2 Å². The van der Waals surface area contributed by atoms with Crippen molar-refractivity contribution in [1.82, 2.24) is 15.1 Å². The van der Waals surface area contributed by atoms with E-state index in [4.69, 9.17) is 0 Å². The normalized spacial score (nSPS) is 16.3. The summed E-state index contributed by atoms with van der Waals surface area (Å²) in [5, 5.41) is 5.01. The Morgan fingerprint density at radius 1 is 1.08 bits per heavy atom. The van der Waals surface area contributed by atoms with Crippen LogP contribution in [-0.2, 0) is 16.1 Å². The van der Waals surface area contributed by atoms with Gasteiger partial charge in [-0.15, -0.1) is 11.3 Å². The lowest BCUT2D eigenvalue weighted by atomic mass is 10.0. The topological polar surface area (TPSA) is 52.7 Å². The Bertz CT molecular complexity index is 710. The zero-order valence-corrected chi connectivity index (χ0v) is 15.9. The van der Waals surface area contributed by atoms with Gasteiger partial charge in [-0.3, -0.25) is 14.5 Å². The maximum absolute atomic E-state index is 12.7. The minimum atomic E-state index is -0.273. The molecule has 3 rings (SSSR count). The first-order valence-corrected chi connectivity index (χ1v) is 9.84. The lowest BCUT2D eigenvalue weighted by Gasteiger charge is -2.35.